The second-order valence-corrected chi connectivity index (χ2v) is 6.60. The maximum absolute atomic E-state index is 12.0. The molecule has 1 saturated carbocycles. The maximum atomic E-state index is 12.0. The Balaban J connectivity index is 2.10. The molecule has 1 fully saturated rings. The second-order valence-electron chi connectivity index (χ2n) is 4.51. The zero-order valence-electron chi connectivity index (χ0n) is 9.56. The Bertz CT molecular complexity index is 500. The van der Waals surface area contributed by atoms with Gasteiger partial charge in [-0.3, -0.25) is 4.98 Å². The first kappa shape index (κ1) is 12.8. The van der Waals surface area contributed by atoms with E-state index in [0.717, 1.165) is 6.42 Å². The van der Waals surface area contributed by atoms with E-state index in [4.69, 9.17) is 11.6 Å². The number of aromatic nitrogens is 1. The molecule has 17 heavy (non-hydrogen) atoms. The third-order valence-electron chi connectivity index (χ3n) is 2.76. The van der Waals surface area contributed by atoms with E-state index < -0.39 is 10.0 Å². The Kier molecular flexibility index (Phi) is 3.70. The number of sulfonamides is 1. The normalized spacial score (nSPS) is 18.0. The molecule has 1 unspecified atom stereocenters. The van der Waals surface area contributed by atoms with Crippen molar-refractivity contribution >= 4 is 21.6 Å². The SMILES string of the molecule is CC(CC1CC1)NS(=O)(=O)c1cnccc1Cl. The molecular weight excluding hydrogens is 260 g/mol. The standard InChI is InChI=1S/C11H15ClN2O2S/c1-8(6-9-2-3-9)14-17(15,16)11-7-13-5-4-10(11)12/h4-5,7-9,14H,2-3,6H2,1H3. The predicted octanol–water partition coefficient (Wildman–Crippen LogP) is 2.20. The van der Waals surface area contributed by atoms with E-state index in [1.807, 2.05) is 6.92 Å². The minimum atomic E-state index is -3.55. The minimum Gasteiger partial charge on any atom is -0.263 e. The lowest BCUT2D eigenvalue weighted by Crippen LogP contribution is -2.33. The quantitative estimate of drug-likeness (QED) is 0.895. The number of hydrogen-bond acceptors (Lipinski definition) is 3. The van der Waals surface area contributed by atoms with E-state index in [9.17, 15) is 8.42 Å². The first-order chi connectivity index (χ1) is 7.99. The molecule has 0 radical (unpaired) electrons. The van der Waals surface area contributed by atoms with Crippen molar-refractivity contribution < 1.29 is 8.42 Å². The highest BCUT2D eigenvalue weighted by Crippen LogP contribution is 2.33. The van der Waals surface area contributed by atoms with Crippen LogP contribution in [0.5, 0.6) is 0 Å². The van der Waals surface area contributed by atoms with Gasteiger partial charge in [-0.1, -0.05) is 24.4 Å². The number of rotatable bonds is 5. The highest BCUT2D eigenvalue weighted by Gasteiger charge is 2.27. The Morgan fingerprint density at radius 2 is 2.29 bits per heavy atom. The van der Waals surface area contributed by atoms with Gasteiger partial charge in [0.25, 0.3) is 0 Å². The van der Waals surface area contributed by atoms with Crippen molar-refractivity contribution in [3.63, 3.8) is 0 Å². The van der Waals surface area contributed by atoms with Crippen molar-refractivity contribution in [2.75, 3.05) is 0 Å². The molecule has 6 heteroatoms. The number of nitrogens with one attached hydrogen (secondary N) is 1. The predicted molar refractivity (Wildman–Crippen MR) is 66.4 cm³/mol. The molecule has 0 spiro atoms. The van der Waals surface area contributed by atoms with Crippen LogP contribution in [0.3, 0.4) is 0 Å². The lowest BCUT2D eigenvalue weighted by atomic mass is 10.2. The summed E-state index contributed by atoms with van der Waals surface area (Å²) in [5.74, 6) is 0.678. The van der Waals surface area contributed by atoms with E-state index in [1.165, 1.54) is 31.3 Å². The molecule has 94 valence electrons. The van der Waals surface area contributed by atoms with Gasteiger partial charge in [0.05, 0.1) is 5.02 Å². The van der Waals surface area contributed by atoms with Gasteiger partial charge < -0.3 is 0 Å². The number of pyridine rings is 1. The fourth-order valence-corrected chi connectivity index (χ4v) is 3.48. The molecule has 1 aliphatic carbocycles. The molecule has 1 atom stereocenters. The lowest BCUT2D eigenvalue weighted by Gasteiger charge is -2.14. The van der Waals surface area contributed by atoms with E-state index >= 15 is 0 Å². The molecule has 1 heterocycles. The van der Waals surface area contributed by atoms with Gasteiger partial charge in [0.2, 0.25) is 10.0 Å². The highest BCUT2D eigenvalue weighted by atomic mass is 35.5. The average Bonchev–Trinajstić information content (AvgIpc) is 3.00. The summed E-state index contributed by atoms with van der Waals surface area (Å²) in [4.78, 5) is 3.83. The van der Waals surface area contributed by atoms with Gasteiger partial charge in [-0.25, -0.2) is 13.1 Å². The smallest absolute Gasteiger partial charge is 0.243 e. The number of nitrogens with zero attached hydrogens (tertiary/aromatic N) is 1. The monoisotopic (exact) mass is 274 g/mol. The van der Waals surface area contributed by atoms with Crippen LogP contribution in [0.2, 0.25) is 5.02 Å². The first-order valence-electron chi connectivity index (χ1n) is 5.61. The second kappa shape index (κ2) is 4.92. The van der Waals surface area contributed by atoms with Crippen molar-refractivity contribution in [1.29, 1.82) is 0 Å². The van der Waals surface area contributed by atoms with Crippen LogP contribution in [0.15, 0.2) is 23.4 Å². The zero-order chi connectivity index (χ0) is 12.5. The molecule has 0 aromatic carbocycles. The van der Waals surface area contributed by atoms with Gasteiger partial charge in [0, 0.05) is 18.4 Å². The van der Waals surface area contributed by atoms with E-state index in [2.05, 4.69) is 9.71 Å². The van der Waals surface area contributed by atoms with E-state index in [1.54, 1.807) is 0 Å². The van der Waals surface area contributed by atoms with Crippen LogP contribution in [-0.2, 0) is 10.0 Å². The zero-order valence-corrected chi connectivity index (χ0v) is 11.1. The summed E-state index contributed by atoms with van der Waals surface area (Å²) in [5.41, 5.74) is 0. The third kappa shape index (κ3) is 3.40. The van der Waals surface area contributed by atoms with E-state index in [0.29, 0.717) is 5.92 Å². The summed E-state index contributed by atoms with van der Waals surface area (Å²) >= 11 is 5.85. The Morgan fingerprint density at radius 3 is 2.88 bits per heavy atom. The molecule has 1 aromatic rings. The average molecular weight is 275 g/mol. The van der Waals surface area contributed by atoms with Crippen LogP contribution in [-0.4, -0.2) is 19.4 Å². The fourth-order valence-electron chi connectivity index (χ4n) is 1.79. The number of halogens is 1. The summed E-state index contributed by atoms with van der Waals surface area (Å²) in [6.07, 6.45) is 6.04. The topological polar surface area (TPSA) is 59.1 Å². The molecular formula is C11H15ClN2O2S. The van der Waals surface area contributed by atoms with Gasteiger partial charge in [-0.2, -0.15) is 0 Å². The van der Waals surface area contributed by atoms with Crippen molar-refractivity contribution in [1.82, 2.24) is 9.71 Å². The van der Waals surface area contributed by atoms with Gasteiger partial charge in [0.1, 0.15) is 4.90 Å². The Morgan fingerprint density at radius 1 is 1.59 bits per heavy atom. The van der Waals surface area contributed by atoms with Gasteiger partial charge in [-0.15, -0.1) is 0 Å². The van der Waals surface area contributed by atoms with Crippen LogP contribution in [0, 0.1) is 5.92 Å². The Labute approximate surface area is 106 Å². The molecule has 1 N–H and O–H groups in total. The van der Waals surface area contributed by atoms with Gasteiger partial charge in [-0.05, 0) is 25.3 Å². The summed E-state index contributed by atoms with van der Waals surface area (Å²) in [7, 11) is -3.55. The minimum absolute atomic E-state index is 0.0457. The fraction of sp³-hybridized carbons (Fsp3) is 0.545. The molecule has 0 aliphatic heterocycles. The molecule has 1 aliphatic rings. The van der Waals surface area contributed by atoms with Crippen molar-refractivity contribution in [2.24, 2.45) is 5.92 Å². The van der Waals surface area contributed by atoms with Crippen LogP contribution in [0.1, 0.15) is 26.2 Å². The molecule has 0 saturated heterocycles. The molecule has 4 nitrogen and oxygen atoms in total. The molecule has 0 bridgehead atoms. The molecule has 0 amide bonds. The first-order valence-corrected chi connectivity index (χ1v) is 7.47. The van der Waals surface area contributed by atoms with Crippen LogP contribution in [0.25, 0.3) is 0 Å². The van der Waals surface area contributed by atoms with Crippen LogP contribution >= 0.6 is 11.6 Å². The molecule has 2 rings (SSSR count). The van der Waals surface area contributed by atoms with Crippen molar-refractivity contribution in [3.8, 4) is 0 Å². The lowest BCUT2D eigenvalue weighted by molar-refractivity contribution is 0.529. The summed E-state index contributed by atoms with van der Waals surface area (Å²) < 4.78 is 26.7. The molecule has 1 aromatic heterocycles. The summed E-state index contributed by atoms with van der Waals surface area (Å²) in [5, 5.41) is 0.200. The third-order valence-corrected chi connectivity index (χ3v) is 4.82. The highest BCUT2D eigenvalue weighted by molar-refractivity contribution is 7.89. The van der Waals surface area contributed by atoms with Crippen molar-refractivity contribution in [3.05, 3.63) is 23.5 Å². The van der Waals surface area contributed by atoms with Gasteiger partial charge in [0.15, 0.2) is 0 Å². The summed E-state index contributed by atoms with van der Waals surface area (Å²) in [6.45, 7) is 1.88. The van der Waals surface area contributed by atoms with Crippen LogP contribution in [0.4, 0.5) is 0 Å². The van der Waals surface area contributed by atoms with Crippen molar-refractivity contribution in [2.45, 2.75) is 37.1 Å². The maximum Gasteiger partial charge on any atom is 0.243 e. The van der Waals surface area contributed by atoms with Crippen LogP contribution < -0.4 is 4.72 Å². The summed E-state index contributed by atoms with van der Waals surface area (Å²) in [6, 6.07) is 1.41. The van der Waals surface area contributed by atoms with E-state index in [-0.39, 0.29) is 16.0 Å². The number of hydrogen-bond donors (Lipinski definition) is 1. The Hall–Kier alpha value is -0.650. The largest absolute Gasteiger partial charge is 0.263 e. The van der Waals surface area contributed by atoms with Gasteiger partial charge >= 0.3 is 0 Å².